The number of aromatic amines is 1. The van der Waals surface area contributed by atoms with Crippen LogP contribution in [0.3, 0.4) is 0 Å². The maximum Gasteiger partial charge on any atom is 0.253 e. The molecule has 17 heavy (non-hydrogen) atoms. The highest BCUT2D eigenvalue weighted by Gasteiger charge is 2.00. The van der Waals surface area contributed by atoms with Crippen LogP contribution < -0.4 is 17.0 Å². The normalized spacial score (nSPS) is 10.4. The molecule has 88 valence electrons. The molecular formula is C11H12N4OS. The highest BCUT2D eigenvalue weighted by Crippen LogP contribution is 2.19. The molecule has 0 fully saturated rings. The van der Waals surface area contributed by atoms with E-state index < -0.39 is 0 Å². The molecule has 0 atom stereocenters. The van der Waals surface area contributed by atoms with E-state index in [9.17, 15) is 4.79 Å². The van der Waals surface area contributed by atoms with Crippen molar-refractivity contribution in [1.29, 1.82) is 0 Å². The van der Waals surface area contributed by atoms with Gasteiger partial charge in [0.1, 0.15) is 5.82 Å². The Balaban J connectivity index is 2.07. The van der Waals surface area contributed by atoms with Crippen molar-refractivity contribution in [3.63, 3.8) is 0 Å². The minimum absolute atomic E-state index is 0.230. The third kappa shape index (κ3) is 3.25. The van der Waals surface area contributed by atoms with E-state index in [1.54, 1.807) is 0 Å². The van der Waals surface area contributed by atoms with Gasteiger partial charge in [0.05, 0.1) is 0 Å². The fraction of sp³-hybridized carbons (Fsp3) is 0.0909. The summed E-state index contributed by atoms with van der Waals surface area (Å²) in [7, 11) is 0. The van der Waals surface area contributed by atoms with E-state index in [1.165, 1.54) is 17.8 Å². The lowest BCUT2D eigenvalue weighted by molar-refractivity contribution is 0.945. The van der Waals surface area contributed by atoms with Gasteiger partial charge in [-0.15, -0.1) is 0 Å². The summed E-state index contributed by atoms with van der Waals surface area (Å²) in [6, 6.07) is 8.81. The highest BCUT2D eigenvalue weighted by molar-refractivity contribution is 7.98. The van der Waals surface area contributed by atoms with Crippen molar-refractivity contribution < 1.29 is 0 Å². The molecule has 1 aromatic carbocycles. The number of nitrogens with zero attached hydrogens (tertiary/aromatic N) is 1. The molecule has 5 N–H and O–H groups in total. The topological polar surface area (TPSA) is 97.8 Å². The van der Waals surface area contributed by atoms with Gasteiger partial charge >= 0.3 is 0 Å². The molecule has 0 aliphatic carbocycles. The maximum atomic E-state index is 11.2. The summed E-state index contributed by atoms with van der Waals surface area (Å²) >= 11 is 1.42. The number of benzene rings is 1. The minimum Gasteiger partial charge on any atom is -0.399 e. The van der Waals surface area contributed by atoms with E-state index in [2.05, 4.69) is 9.97 Å². The zero-order valence-corrected chi connectivity index (χ0v) is 9.83. The molecule has 0 amide bonds. The Kier molecular flexibility index (Phi) is 3.34. The molecule has 0 spiro atoms. The fourth-order valence-corrected chi connectivity index (χ4v) is 2.13. The van der Waals surface area contributed by atoms with Crippen LogP contribution in [0.4, 0.5) is 11.5 Å². The number of hydrogen-bond acceptors (Lipinski definition) is 5. The predicted octanol–water partition coefficient (Wildman–Crippen LogP) is 1.23. The number of nitrogens with one attached hydrogen (secondary N) is 1. The van der Waals surface area contributed by atoms with Gasteiger partial charge in [0.15, 0.2) is 5.16 Å². The molecule has 0 aliphatic heterocycles. The maximum absolute atomic E-state index is 11.2. The zero-order valence-electron chi connectivity index (χ0n) is 9.01. The molecule has 6 heteroatoms. The van der Waals surface area contributed by atoms with Crippen LogP contribution in [0.2, 0.25) is 0 Å². The number of nitrogens with two attached hydrogens (primary N) is 2. The summed E-state index contributed by atoms with van der Waals surface area (Å²) in [6.07, 6.45) is 0. The third-order valence-corrected chi connectivity index (χ3v) is 3.04. The second-order valence-electron chi connectivity index (χ2n) is 3.51. The summed E-state index contributed by atoms with van der Waals surface area (Å²) in [5, 5.41) is 0.520. The molecular weight excluding hydrogens is 236 g/mol. The minimum atomic E-state index is -0.239. The average Bonchev–Trinajstić information content (AvgIpc) is 2.27. The smallest absolute Gasteiger partial charge is 0.253 e. The first-order chi connectivity index (χ1) is 8.13. The molecule has 0 saturated carbocycles. The summed E-state index contributed by atoms with van der Waals surface area (Å²) in [5.74, 6) is 0.931. The second-order valence-corrected chi connectivity index (χ2v) is 4.47. The monoisotopic (exact) mass is 248 g/mol. The Morgan fingerprint density at radius 1 is 1.24 bits per heavy atom. The lowest BCUT2D eigenvalue weighted by Gasteiger charge is -2.02. The van der Waals surface area contributed by atoms with Crippen LogP contribution >= 0.6 is 11.8 Å². The van der Waals surface area contributed by atoms with Gasteiger partial charge in [-0.25, -0.2) is 4.98 Å². The Bertz CT molecular complexity index is 564. The largest absolute Gasteiger partial charge is 0.399 e. The van der Waals surface area contributed by atoms with Crippen LogP contribution in [-0.2, 0) is 5.75 Å². The van der Waals surface area contributed by atoms with Crippen molar-refractivity contribution in [2.24, 2.45) is 0 Å². The molecule has 5 nitrogen and oxygen atoms in total. The first-order valence-electron chi connectivity index (χ1n) is 4.97. The van der Waals surface area contributed by atoms with Gasteiger partial charge in [0.2, 0.25) is 0 Å². The van der Waals surface area contributed by atoms with Crippen molar-refractivity contribution in [3.05, 3.63) is 46.2 Å². The number of aromatic nitrogens is 2. The van der Waals surface area contributed by atoms with Crippen molar-refractivity contribution >= 4 is 23.3 Å². The Hall–Kier alpha value is -1.95. The molecule has 1 heterocycles. The molecule has 0 aliphatic rings. The molecule has 0 radical (unpaired) electrons. The number of rotatable bonds is 3. The lowest BCUT2D eigenvalue weighted by atomic mass is 10.2. The number of nitrogen functional groups attached to an aromatic ring is 2. The van der Waals surface area contributed by atoms with E-state index in [-0.39, 0.29) is 11.4 Å². The van der Waals surface area contributed by atoms with Crippen LogP contribution in [0.25, 0.3) is 0 Å². The lowest BCUT2D eigenvalue weighted by Crippen LogP contribution is -2.09. The van der Waals surface area contributed by atoms with Gasteiger partial charge in [-0.2, -0.15) is 0 Å². The molecule has 0 saturated heterocycles. The first-order valence-corrected chi connectivity index (χ1v) is 5.96. The van der Waals surface area contributed by atoms with Gasteiger partial charge in [-0.3, -0.25) is 4.79 Å². The summed E-state index contributed by atoms with van der Waals surface area (Å²) in [5.41, 5.74) is 12.7. The molecule has 0 bridgehead atoms. The average molecular weight is 248 g/mol. The Morgan fingerprint density at radius 3 is 2.59 bits per heavy atom. The van der Waals surface area contributed by atoms with Gasteiger partial charge in [-0.1, -0.05) is 23.9 Å². The number of thioether (sulfide) groups is 1. The SMILES string of the molecule is Nc1ccc(CSc2nc(N)cc(=O)[nH]2)cc1. The van der Waals surface area contributed by atoms with Gasteiger partial charge in [0.25, 0.3) is 5.56 Å². The van der Waals surface area contributed by atoms with Crippen molar-refractivity contribution in [3.8, 4) is 0 Å². The second kappa shape index (κ2) is 4.92. The van der Waals surface area contributed by atoms with E-state index in [0.717, 1.165) is 11.3 Å². The van der Waals surface area contributed by atoms with E-state index >= 15 is 0 Å². The molecule has 2 rings (SSSR count). The van der Waals surface area contributed by atoms with Crippen molar-refractivity contribution in [1.82, 2.24) is 9.97 Å². The van der Waals surface area contributed by atoms with E-state index in [1.807, 2.05) is 24.3 Å². The Morgan fingerprint density at radius 2 is 1.94 bits per heavy atom. The quantitative estimate of drug-likeness (QED) is 0.431. The van der Waals surface area contributed by atoms with Crippen LogP contribution in [0.15, 0.2) is 40.3 Å². The van der Waals surface area contributed by atoms with Crippen LogP contribution in [-0.4, -0.2) is 9.97 Å². The molecule has 2 aromatic rings. The zero-order chi connectivity index (χ0) is 12.3. The number of H-pyrrole nitrogens is 1. The number of anilines is 2. The highest BCUT2D eigenvalue weighted by atomic mass is 32.2. The fourth-order valence-electron chi connectivity index (χ4n) is 1.29. The van der Waals surface area contributed by atoms with Gasteiger partial charge < -0.3 is 16.5 Å². The molecule has 0 unspecified atom stereocenters. The van der Waals surface area contributed by atoms with Crippen molar-refractivity contribution in [2.45, 2.75) is 10.9 Å². The van der Waals surface area contributed by atoms with Crippen molar-refractivity contribution in [2.75, 3.05) is 11.5 Å². The van der Waals surface area contributed by atoms with E-state index in [0.29, 0.717) is 10.9 Å². The third-order valence-electron chi connectivity index (χ3n) is 2.10. The van der Waals surface area contributed by atoms with E-state index in [4.69, 9.17) is 11.5 Å². The van der Waals surface area contributed by atoms with Crippen LogP contribution in [0, 0.1) is 0 Å². The standard InChI is InChI=1S/C11H12N4OS/c12-8-3-1-7(2-4-8)6-17-11-14-9(13)5-10(16)15-11/h1-5H,6,12H2,(H3,13,14,15,16). The number of hydrogen-bond donors (Lipinski definition) is 3. The molecule has 1 aromatic heterocycles. The Labute approximate surface area is 102 Å². The summed E-state index contributed by atoms with van der Waals surface area (Å²) < 4.78 is 0. The van der Waals surface area contributed by atoms with Gasteiger partial charge in [-0.05, 0) is 17.7 Å². The van der Waals surface area contributed by atoms with Crippen LogP contribution in [0.5, 0.6) is 0 Å². The first kappa shape index (κ1) is 11.5. The van der Waals surface area contributed by atoms with Crippen LogP contribution in [0.1, 0.15) is 5.56 Å². The summed E-state index contributed by atoms with van der Waals surface area (Å²) in [6.45, 7) is 0. The predicted molar refractivity (Wildman–Crippen MR) is 69.7 cm³/mol. The summed E-state index contributed by atoms with van der Waals surface area (Å²) in [4.78, 5) is 17.8. The van der Waals surface area contributed by atoms with Gasteiger partial charge in [0, 0.05) is 17.5 Å².